The second-order valence-corrected chi connectivity index (χ2v) is 7.33. The van der Waals surface area contributed by atoms with Gasteiger partial charge >= 0.3 is 5.97 Å². The SMILES string of the molecule is CCC(C(=O)O)N1CCC(N2CCN(Cc3ccccc3)CC2)CC1. The number of piperidine rings is 1. The number of carboxylic acids is 1. The quantitative estimate of drug-likeness (QED) is 0.856. The van der Waals surface area contributed by atoms with Crippen molar-refractivity contribution in [1.82, 2.24) is 14.7 Å². The topological polar surface area (TPSA) is 47.0 Å². The zero-order valence-corrected chi connectivity index (χ0v) is 15.3. The van der Waals surface area contributed by atoms with Gasteiger partial charge in [-0.1, -0.05) is 37.3 Å². The van der Waals surface area contributed by atoms with Gasteiger partial charge in [-0.05, 0) is 24.8 Å². The zero-order chi connectivity index (χ0) is 17.6. The molecule has 138 valence electrons. The number of carbonyl (C=O) groups is 1. The van der Waals surface area contributed by atoms with Crippen LogP contribution in [0.2, 0.25) is 0 Å². The first-order valence-electron chi connectivity index (χ1n) is 9.64. The molecule has 1 atom stereocenters. The molecule has 0 aliphatic carbocycles. The molecular weight excluding hydrogens is 314 g/mol. The summed E-state index contributed by atoms with van der Waals surface area (Å²) in [5.74, 6) is -0.671. The maximum atomic E-state index is 11.3. The molecule has 2 heterocycles. The lowest BCUT2D eigenvalue weighted by atomic mass is 10.00. The van der Waals surface area contributed by atoms with E-state index in [0.29, 0.717) is 12.5 Å². The average Bonchev–Trinajstić information content (AvgIpc) is 2.64. The molecule has 3 rings (SSSR count). The van der Waals surface area contributed by atoms with Crippen molar-refractivity contribution in [3.8, 4) is 0 Å². The molecule has 5 heteroatoms. The Bertz CT molecular complexity index is 535. The molecule has 1 N–H and O–H groups in total. The number of nitrogens with zero attached hydrogens (tertiary/aromatic N) is 3. The van der Waals surface area contributed by atoms with Gasteiger partial charge < -0.3 is 5.11 Å². The van der Waals surface area contributed by atoms with E-state index in [1.807, 2.05) is 6.92 Å². The van der Waals surface area contributed by atoms with Gasteiger partial charge in [-0.25, -0.2) is 0 Å². The lowest BCUT2D eigenvalue weighted by Gasteiger charge is -2.43. The summed E-state index contributed by atoms with van der Waals surface area (Å²) in [5, 5.41) is 9.33. The van der Waals surface area contributed by atoms with Gasteiger partial charge in [0.2, 0.25) is 0 Å². The average molecular weight is 345 g/mol. The molecule has 0 bridgehead atoms. The largest absolute Gasteiger partial charge is 0.480 e. The van der Waals surface area contributed by atoms with E-state index in [4.69, 9.17) is 0 Å². The van der Waals surface area contributed by atoms with Crippen molar-refractivity contribution < 1.29 is 9.90 Å². The van der Waals surface area contributed by atoms with Crippen molar-refractivity contribution in [1.29, 1.82) is 0 Å². The summed E-state index contributed by atoms with van der Waals surface area (Å²) in [4.78, 5) is 18.7. The molecule has 2 aliphatic heterocycles. The molecule has 0 spiro atoms. The number of piperazine rings is 1. The van der Waals surface area contributed by atoms with Gasteiger partial charge in [0, 0.05) is 51.9 Å². The van der Waals surface area contributed by atoms with Crippen molar-refractivity contribution in [2.45, 2.75) is 44.8 Å². The fourth-order valence-electron chi connectivity index (χ4n) is 4.28. The third kappa shape index (κ3) is 4.81. The van der Waals surface area contributed by atoms with E-state index < -0.39 is 5.97 Å². The lowest BCUT2D eigenvalue weighted by Crippen LogP contribution is -2.54. The summed E-state index contributed by atoms with van der Waals surface area (Å²) < 4.78 is 0. The van der Waals surface area contributed by atoms with E-state index in [1.165, 1.54) is 5.56 Å². The predicted molar refractivity (Wildman–Crippen MR) is 99.6 cm³/mol. The Morgan fingerprint density at radius 1 is 1.08 bits per heavy atom. The second-order valence-electron chi connectivity index (χ2n) is 7.33. The predicted octanol–water partition coefficient (Wildman–Crippen LogP) is 2.13. The number of rotatable bonds is 6. The molecule has 25 heavy (non-hydrogen) atoms. The number of aliphatic carboxylic acids is 1. The molecule has 0 aromatic heterocycles. The zero-order valence-electron chi connectivity index (χ0n) is 15.3. The van der Waals surface area contributed by atoms with Gasteiger partial charge in [0.15, 0.2) is 0 Å². The second kappa shape index (κ2) is 8.79. The highest BCUT2D eigenvalue weighted by Crippen LogP contribution is 2.21. The Kier molecular flexibility index (Phi) is 6.45. The van der Waals surface area contributed by atoms with Crippen molar-refractivity contribution >= 4 is 5.97 Å². The lowest BCUT2D eigenvalue weighted by molar-refractivity contribution is -0.144. The first-order valence-corrected chi connectivity index (χ1v) is 9.64. The molecular formula is C20H31N3O2. The van der Waals surface area contributed by atoms with Gasteiger partial charge in [-0.15, -0.1) is 0 Å². The molecule has 5 nitrogen and oxygen atoms in total. The monoisotopic (exact) mass is 345 g/mol. The maximum absolute atomic E-state index is 11.3. The van der Waals surface area contributed by atoms with Gasteiger partial charge in [-0.2, -0.15) is 0 Å². The van der Waals surface area contributed by atoms with Crippen LogP contribution in [0.25, 0.3) is 0 Å². The fourth-order valence-corrected chi connectivity index (χ4v) is 4.28. The van der Waals surface area contributed by atoms with Crippen molar-refractivity contribution in [2.24, 2.45) is 0 Å². The van der Waals surface area contributed by atoms with E-state index in [-0.39, 0.29) is 6.04 Å². The van der Waals surface area contributed by atoms with Crippen LogP contribution in [0.5, 0.6) is 0 Å². The maximum Gasteiger partial charge on any atom is 0.320 e. The minimum absolute atomic E-state index is 0.302. The third-order valence-electron chi connectivity index (χ3n) is 5.78. The van der Waals surface area contributed by atoms with Crippen molar-refractivity contribution in [3.63, 3.8) is 0 Å². The Morgan fingerprint density at radius 3 is 2.28 bits per heavy atom. The van der Waals surface area contributed by atoms with Crippen LogP contribution >= 0.6 is 0 Å². The number of likely N-dealkylation sites (tertiary alicyclic amines) is 1. The van der Waals surface area contributed by atoms with Crippen LogP contribution in [-0.2, 0) is 11.3 Å². The van der Waals surface area contributed by atoms with Crippen LogP contribution in [0.3, 0.4) is 0 Å². The summed E-state index contributed by atoms with van der Waals surface area (Å²) in [6.45, 7) is 9.37. The Hall–Kier alpha value is -1.43. The first-order chi connectivity index (χ1) is 12.2. The van der Waals surface area contributed by atoms with E-state index in [1.54, 1.807) is 0 Å². The van der Waals surface area contributed by atoms with Crippen LogP contribution in [0, 0.1) is 0 Å². The minimum Gasteiger partial charge on any atom is -0.480 e. The normalized spacial score (nSPS) is 22.8. The van der Waals surface area contributed by atoms with Gasteiger partial charge in [-0.3, -0.25) is 19.5 Å². The Balaban J connectivity index is 1.43. The first kappa shape index (κ1) is 18.4. The number of benzene rings is 1. The van der Waals surface area contributed by atoms with E-state index >= 15 is 0 Å². The van der Waals surface area contributed by atoms with Crippen LogP contribution in [0.15, 0.2) is 30.3 Å². The van der Waals surface area contributed by atoms with Crippen LogP contribution < -0.4 is 0 Å². The van der Waals surface area contributed by atoms with Crippen molar-refractivity contribution in [3.05, 3.63) is 35.9 Å². The fraction of sp³-hybridized carbons (Fsp3) is 0.650. The van der Waals surface area contributed by atoms with E-state index in [2.05, 4.69) is 45.0 Å². The summed E-state index contributed by atoms with van der Waals surface area (Å²) >= 11 is 0. The van der Waals surface area contributed by atoms with Crippen LogP contribution in [-0.4, -0.2) is 77.1 Å². The molecule has 2 saturated heterocycles. The summed E-state index contributed by atoms with van der Waals surface area (Å²) in [5.41, 5.74) is 1.39. The number of hydrogen-bond donors (Lipinski definition) is 1. The Morgan fingerprint density at radius 2 is 1.72 bits per heavy atom. The highest BCUT2D eigenvalue weighted by molar-refractivity contribution is 5.73. The molecule has 0 amide bonds. The highest BCUT2D eigenvalue weighted by atomic mass is 16.4. The van der Waals surface area contributed by atoms with E-state index in [0.717, 1.165) is 58.7 Å². The molecule has 0 radical (unpaired) electrons. The van der Waals surface area contributed by atoms with E-state index in [9.17, 15) is 9.90 Å². The summed E-state index contributed by atoms with van der Waals surface area (Å²) in [6.07, 6.45) is 2.89. The molecule has 1 aromatic rings. The summed E-state index contributed by atoms with van der Waals surface area (Å²) in [6, 6.07) is 11.0. The van der Waals surface area contributed by atoms with Crippen LogP contribution in [0.1, 0.15) is 31.7 Å². The Labute approximate surface area is 151 Å². The van der Waals surface area contributed by atoms with Gasteiger partial charge in [0.05, 0.1) is 0 Å². The summed E-state index contributed by atoms with van der Waals surface area (Å²) in [7, 11) is 0. The molecule has 1 unspecified atom stereocenters. The minimum atomic E-state index is -0.671. The van der Waals surface area contributed by atoms with Gasteiger partial charge in [0.1, 0.15) is 6.04 Å². The smallest absolute Gasteiger partial charge is 0.320 e. The molecule has 2 aliphatic rings. The van der Waals surface area contributed by atoms with Crippen molar-refractivity contribution in [2.75, 3.05) is 39.3 Å². The molecule has 2 fully saturated rings. The third-order valence-corrected chi connectivity index (χ3v) is 5.78. The van der Waals surface area contributed by atoms with Crippen LogP contribution in [0.4, 0.5) is 0 Å². The number of hydrogen-bond acceptors (Lipinski definition) is 4. The number of carboxylic acid groups (broad SMARTS) is 1. The molecule has 0 saturated carbocycles. The standard InChI is InChI=1S/C20H31N3O2/c1-2-19(20(24)25)23-10-8-18(9-11-23)22-14-12-21(13-15-22)16-17-6-4-3-5-7-17/h3-7,18-19H,2,8-16H2,1H3,(H,24,25). The van der Waals surface area contributed by atoms with Gasteiger partial charge in [0.25, 0.3) is 0 Å². The highest BCUT2D eigenvalue weighted by Gasteiger charge is 2.31. The molecule has 1 aromatic carbocycles.